The van der Waals surface area contributed by atoms with Crippen molar-refractivity contribution in [2.45, 2.75) is 130 Å². The zero-order valence-electron chi connectivity index (χ0n) is 39.7. The smallest absolute Gasteiger partial charge is 0.140 e. The van der Waals surface area contributed by atoms with Gasteiger partial charge in [0.1, 0.15) is 16.1 Å². The third kappa shape index (κ3) is 9.08. The van der Waals surface area contributed by atoms with Gasteiger partial charge in [-0.3, -0.25) is 0 Å². The Kier molecular flexibility index (Phi) is 14.4. The van der Waals surface area contributed by atoms with Gasteiger partial charge < -0.3 is 0 Å². The molecule has 0 aliphatic heterocycles. The van der Waals surface area contributed by atoms with E-state index in [1.807, 2.05) is 90.7 Å². The summed E-state index contributed by atoms with van der Waals surface area (Å²) in [6.07, 6.45) is 0. The Morgan fingerprint density at radius 3 is 1.19 bits per heavy atom. The molecule has 0 atom stereocenters. The van der Waals surface area contributed by atoms with E-state index in [4.69, 9.17) is 0 Å². The monoisotopic (exact) mass is 1020 g/mol. The SMILES string of the molecule is Cc1cc(-c2ccc(-c3ccc(C#C[Si](C(C)C)(C(C)C)C(C)C)s3)s2)c(-c2sc(-c3cc4sc(C)cc4s3)cc2-c2ccc(-c3ccc(C#C[Si](C(C)C)(C(C)C)C(C)C)s3)s2)s1. The van der Waals surface area contributed by atoms with Gasteiger partial charge in [0.05, 0.1) is 19.5 Å². The van der Waals surface area contributed by atoms with Crippen LogP contribution in [0.2, 0.25) is 33.2 Å². The highest BCUT2D eigenvalue weighted by Gasteiger charge is 2.42. The Hall–Kier alpha value is -2.59. The molecule has 0 saturated carbocycles. The first-order chi connectivity index (χ1) is 30.4. The van der Waals surface area contributed by atoms with E-state index in [2.05, 4.69) is 193 Å². The molecule has 0 N–H and O–H groups in total. The fraction of sp³-hybridized carbons (Fsp3) is 0.370. The van der Waals surface area contributed by atoms with Crippen LogP contribution in [0.5, 0.6) is 0 Å². The Balaban J connectivity index is 1.15. The molecule has 0 fully saturated rings. The summed E-state index contributed by atoms with van der Waals surface area (Å²) in [6, 6.07) is 28.2. The number of aryl methyl sites for hydroxylation is 2. The molecule has 8 aromatic heterocycles. The van der Waals surface area contributed by atoms with Crippen LogP contribution in [0.3, 0.4) is 0 Å². The number of thiophene rings is 8. The van der Waals surface area contributed by atoms with Gasteiger partial charge in [-0.2, -0.15) is 0 Å². The Bertz CT molecular complexity index is 2960. The molecular weight excluding hydrogens is 961 g/mol. The van der Waals surface area contributed by atoms with Crippen LogP contribution in [-0.4, -0.2) is 16.1 Å². The van der Waals surface area contributed by atoms with Crippen LogP contribution in [-0.2, 0) is 0 Å². The van der Waals surface area contributed by atoms with E-state index in [0.29, 0.717) is 33.2 Å². The first-order valence-corrected chi connectivity index (χ1v) is 33.6. The van der Waals surface area contributed by atoms with Gasteiger partial charge >= 0.3 is 0 Å². The molecule has 64 heavy (non-hydrogen) atoms. The standard InChI is InChI=1S/C54H60S8Si2/c1-31(2)63(32(3)4,33(5)6)25-23-39-15-17-45(57-39)47-21-19-43(59-47)41-27-37(13)56-53(41)54-42(29-50(62-54)52-30-51-49(61-52)28-38(14)55-51)44-20-22-48(60-44)46-18-16-40(58-46)24-26-64(34(7)8,35(9)10)36(11)12/h15-22,27-36H,1-14H3. The average Bonchev–Trinajstić information content (AvgIpc) is 4.07. The van der Waals surface area contributed by atoms with E-state index in [1.54, 1.807) is 0 Å². The van der Waals surface area contributed by atoms with E-state index < -0.39 is 16.1 Å². The second-order valence-electron chi connectivity index (χ2n) is 19.1. The molecule has 0 unspecified atom stereocenters. The summed E-state index contributed by atoms with van der Waals surface area (Å²) in [6.45, 7) is 33.2. The minimum Gasteiger partial charge on any atom is -0.140 e. The summed E-state index contributed by atoms with van der Waals surface area (Å²) in [7, 11) is -3.61. The number of hydrogen-bond acceptors (Lipinski definition) is 8. The minimum atomic E-state index is -1.81. The van der Waals surface area contributed by atoms with E-state index in [1.165, 1.54) is 88.8 Å². The van der Waals surface area contributed by atoms with Crippen molar-refractivity contribution >= 4 is 116 Å². The predicted octanol–water partition coefficient (Wildman–Crippen LogP) is 21.1. The highest BCUT2D eigenvalue weighted by molar-refractivity contribution is 7.32. The Labute approximate surface area is 417 Å². The number of rotatable bonds is 12. The lowest BCUT2D eigenvalue weighted by atomic mass is 10.1. The van der Waals surface area contributed by atoms with Crippen molar-refractivity contribution in [3.63, 3.8) is 0 Å². The van der Waals surface area contributed by atoms with Crippen molar-refractivity contribution in [1.29, 1.82) is 0 Å². The molecule has 332 valence electrons. The summed E-state index contributed by atoms with van der Waals surface area (Å²) < 4.78 is 2.78. The van der Waals surface area contributed by atoms with Gasteiger partial charge in [0, 0.05) is 69.3 Å². The van der Waals surface area contributed by atoms with Crippen molar-refractivity contribution in [3.05, 3.63) is 92.3 Å². The van der Waals surface area contributed by atoms with E-state index in [0.717, 1.165) is 0 Å². The van der Waals surface area contributed by atoms with Gasteiger partial charge in [-0.15, -0.1) is 102 Å². The Morgan fingerprint density at radius 1 is 0.344 bits per heavy atom. The molecule has 0 aliphatic carbocycles. The van der Waals surface area contributed by atoms with Gasteiger partial charge in [0.15, 0.2) is 0 Å². The molecule has 0 nitrogen and oxygen atoms in total. The van der Waals surface area contributed by atoms with Crippen molar-refractivity contribution in [1.82, 2.24) is 0 Å². The predicted molar refractivity (Wildman–Crippen MR) is 305 cm³/mol. The second-order valence-corrected chi connectivity index (χ2v) is 39.3. The van der Waals surface area contributed by atoms with Gasteiger partial charge in [0.25, 0.3) is 0 Å². The van der Waals surface area contributed by atoms with Gasteiger partial charge in [-0.1, -0.05) is 94.9 Å². The van der Waals surface area contributed by atoms with Crippen molar-refractivity contribution in [2.75, 3.05) is 0 Å². The van der Waals surface area contributed by atoms with Crippen LogP contribution in [0.1, 0.15) is 103 Å². The lowest BCUT2D eigenvalue weighted by Gasteiger charge is -2.38. The fourth-order valence-corrected chi connectivity index (χ4v) is 29.8. The molecule has 0 amide bonds. The summed E-state index contributed by atoms with van der Waals surface area (Å²) in [4.78, 5) is 18.4. The molecule has 10 heteroatoms. The normalized spacial score (nSPS) is 12.5. The van der Waals surface area contributed by atoms with Crippen LogP contribution in [0.4, 0.5) is 0 Å². The minimum absolute atomic E-state index is 0.624. The van der Waals surface area contributed by atoms with Crippen LogP contribution in [0, 0.1) is 36.8 Å². The van der Waals surface area contributed by atoms with Gasteiger partial charge in [-0.05, 0) is 120 Å². The molecule has 0 aromatic carbocycles. The molecule has 8 rings (SSSR count). The lowest BCUT2D eigenvalue weighted by molar-refractivity contribution is 0.838. The summed E-state index contributed by atoms with van der Waals surface area (Å²) in [5.41, 5.74) is 14.3. The maximum Gasteiger partial charge on any atom is 0.146 e. The van der Waals surface area contributed by atoms with Crippen LogP contribution in [0.25, 0.3) is 69.3 Å². The highest BCUT2D eigenvalue weighted by atomic mass is 32.1. The molecule has 0 bridgehead atoms. The van der Waals surface area contributed by atoms with Crippen LogP contribution in [0.15, 0.2) is 72.8 Å². The van der Waals surface area contributed by atoms with Crippen molar-refractivity contribution < 1.29 is 0 Å². The Morgan fingerprint density at radius 2 is 0.719 bits per heavy atom. The summed E-state index contributed by atoms with van der Waals surface area (Å²) in [5, 5.41) is 0. The zero-order chi connectivity index (χ0) is 45.8. The van der Waals surface area contributed by atoms with Crippen molar-refractivity contribution in [2.24, 2.45) is 0 Å². The van der Waals surface area contributed by atoms with Crippen LogP contribution < -0.4 is 0 Å². The molecule has 0 spiro atoms. The quantitative estimate of drug-likeness (QED) is 0.0845. The van der Waals surface area contributed by atoms with Gasteiger partial charge in [-0.25, -0.2) is 0 Å². The summed E-state index contributed by atoms with van der Waals surface area (Å²) >= 11 is 15.3. The van der Waals surface area contributed by atoms with E-state index >= 15 is 0 Å². The first kappa shape index (κ1) is 47.9. The van der Waals surface area contributed by atoms with Gasteiger partial charge in [0.2, 0.25) is 0 Å². The molecular formula is C54H60S8Si2. The number of hydrogen-bond donors (Lipinski definition) is 0. The topological polar surface area (TPSA) is 0 Å². The first-order valence-electron chi connectivity index (χ1n) is 22.6. The zero-order valence-corrected chi connectivity index (χ0v) is 48.2. The summed E-state index contributed by atoms with van der Waals surface area (Å²) in [5.74, 6) is 7.43. The van der Waals surface area contributed by atoms with E-state index in [-0.39, 0.29) is 0 Å². The maximum atomic E-state index is 3.95. The molecule has 0 aliphatic rings. The molecule has 0 saturated heterocycles. The molecule has 8 aromatic rings. The highest BCUT2D eigenvalue weighted by Crippen LogP contribution is 2.54. The number of fused-ring (bicyclic) bond motifs is 1. The molecule has 0 radical (unpaired) electrons. The maximum absolute atomic E-state index is 3.95. The third-order valence-electron chi connectivity index (χ3n) is 13.3. The average molecular weight is 1020 g/mol. The van der Waals surface area contributed by atoms with Crippen LogP contribution >= 0.6 is 90.7 Å². The second kappa shape index (κ2) is 19.2. The largest absolute Gasteiger partial charge is 0.146 e. The fourth-order valence-electron chi connectivity index (χ4n) is 10.3. The third-order valence-corrected chi connectivity index (χ3v) is 35.3. The lowest BCUT2D eigenvalue weighted by Crippen LogP contribution is -2.43. The van der Waals surface area contributed by atoms with E-state index in [9.17, 15) is 0 Å². The molecule has 8 heterocycles. The van der Waals surface area contributed by atoms with Crippen molar-refractivity contribution in [3.8, 4) is 82.8 Å².